The Labute approximate surface area is 148 Å². The van der Waals surface area contributed by atoms with Crippen molar-refractivity contribution >= 4 is 6.03 Å². The van der Waals surface area contributed by atoms with Gasteiger partial charge in [0.1, 0.15) is 5.75 Å². The van der Waals surface area contributed by atoms with E-state index < -0.39 is 0 Å². The number of fused-ring (bicyclic) bond motifs is 1. The van der Waals surface area contributed by atoms with Crippen LogP contribution in [0.4, 0.5) is 4.79 Å². The largest absolute Gasteiger partial charge is 0.497 e. The van der Waals surface area contributed by atoms with Gasteiger partial charge >= 0.3 is 6.03 Å². The van der Waals surface area contributed by atoms with Crippen LogP contribution in [0.1, 0.15) is 11.1 Å². The van der Waals surface area contributed by atoms with Gasteiger partial charge in [-0.15, -0.1) is 0 Å². The number of hydrogen-bond acceptors (Lipinski definition) is 4. The molecule has 2 atom stereocenters. The van der Waals surface area contributed by atoms with Gasteiger partial charge in [-0.25, -0.2) is 4.79 Å². The van der Waals surface area contributed by atoms with E-state index in [4.69, 9.17) is 4.74 Å². The zero-order valence-electron chi connectivity index (χ0n) is 14.8. The molecule has 0 spiro atoms. The van der Waals surface area contributed by atoms with Crippen LogP contribution in [-0.4, -0.2) is 58.9 Å². The molecule has 1 aromatic heterocycles. The zero-order valence-corrected chi connectivity index (χ0v) is 14.8. The molecule has 1 aromatic carbocycles. The van der Waals surface area contributed by atoms with E-state index in [-0.39, 0.29) is 6.03 Å². The first-order valence-corrected chi connectivity index (χ1v) is 8.78. The van der Waals surface area contributed by atoms with E-state index in [0.29, 0.717) is 11.8 Å². The minimum absolute atomic E-state index is 0.00171. The summed E-state index contributed by atoms with van der Waals surface area (Å²) in [5, 5.41) is 4.14. The fourth-order valence-corrected chi connectivity index (χ4v) is 4.07. The third kappa shape index (κ3) is 3.26. The lowest BCUT2D eigenvalue weighted by Crippen LogP contribution is -2.36. The third-order valence-corrected chi connectivity index (χ3v) is 5.28. The number of amides is 1. The maximum atomic E-state index is 12.5. The standard InChI is InChI=1S/C19H24N4O2/c1-14-7-20-23(8-14)19(24)22-12-16-10-21(11-17(16)13-22)9-15-4-3-5-18(6-15)25-2/h3-8,16-17H,9-13H2,1-2H3. The molecule has 132 valence electrons. The van der Waals surface area contributed by atoms with Gasteiger partial charge in [-0.05, 0) is 42.0 Å². The number of benzene rings is 1. The average molecular weight is 340 g/mol. The second-order valence-corrected chi connectivity index (χ2v) is 7.22. The molecule has 2 saturated heterocycles. The molecule has 2 fully saturated rings. The van der Waals surface area contributed by atoms with E-state index in [2.05, 4.69) is 22.1 Å². The fraction of sp³-hybridized carbons (Fsp3) is 0.474. The van der Waals surface area contributed by atoms with Crippen molar-refractivity contribution in [2.45, 2.75) is 13.5 Å². The minimum Gasteiger partial charge on any atom is -0.497 e. The Balaban J connectivity index is 1.35. The van der Waals surface area contributed by atoms with Crippen LogP contribution in [0.3, 0.4) is 0 Å². The van der Waals surface area contributed by atoms with Crippen LogP contribution < -0.4 is 4.74 Å². The molecule has 0 aliphatic carbocycles. The zero-order chi connectivity index (χ0) is 17.4. The number of nitrogens with zero attached hydrogens (tertiary/aromatic N) is 4. The Bertz CT molecular complexity index is 758. The van der Waals surface area contributed by atoms with Crippen LogP contribution in [0.15, 0.2) is 36.7 Å². The first-order valence-electron chi connectivity index (χ1n) is 8.78. The molecule has 0 bridgehead atoms. The van der Waals surface area contributed by atoms with Crippen molar-refractivity contribution in [1.82, 2.24) is 19.6 Å². The maximum Gasteiger partial charge on any atom is 0.344 e. The van der Waals surface area contributed by atoms with E-state index >= 15 is 0 Å². The molecular formula is C19H24N4O2. The summed E-state index contributed by atoms with van der Waals surface area (Å²) in [5.41, 5.74) is 2.29. The third-order valence-electron chi connectivity index (χ3n) is 5.28. The van der Waals surface area contributed by atoms with E-state index in [1.165, 1.54) is 10.2 Å². The molecule has 2 aliphatic rings. The van der Waals surface area contributed by atoms with Gasteiger partial charge in [-0.3, -0.25) is 4.90 Å². The van der Waals surface area contributed by atoms with Crippen LogP contribution in [0.2, 0.25) is 0 Å². The van der Waals surface area contributed by atoms with Crippen molar-refractivity contribution < 1.29 is 9.53 Å². The maximum absolute atomic E-state index is 12.5. The van der Waals surface area contributed by atoms with E-state index in [1.54, 1.807) is 19.5 Å². The molecule has 2 unspecified atom stereocenters. The minimum atomic E-state index is 0.00171. The van der Waals surface area contributed by atoms with Crippen LogP contribution in [0.5, 0.6) is 5.75 Å². The quantitative estimate of drug-likeness (QED) is 0.860. The van der Waals surface area contributed by atoms with Crippen molar-refractivity contribution in [2.75, 3.05) is 33.3 Å². The summed E-state index contributed by atoms with van der Waals surface area (Å²) >= 11 is 0. The lowest BCUT2D eigenvalue weighted by molar-refractivity contribution is 0.197. The van der Waals surface area contributed by atoms with Crippen molar-refractivity contribution in [3.8, 4) is 5.75 Å². The van der Waals surface area contributed by atoms with Gasteiger partial charge in [-0.2, -0.15) is 9.78 Å². The SMILES string of the molecule is COc1cccc(CN2CC3CN(C(=O)n4cc(C)cn4)CC3C2)c1. The highest BCUT2D eigenvalue weighted by Gasteiger charge is 2.41. The first-order chi connectivity index (χ1) is 12.1. The van der Waals surface area contributed by atoms with E-state index in [0.717, 1.165) is 44.0 Å². The summed E-state index contributed by atoms with van der Waals surface area (Å²) in [7, 11) is 1.70. The van der Waals surface area contributed by atoms with Gasteiger partial charge < -0.3 is 9.64 Å². The predicted octanol–water partition coefficient (Wildman–Crippen LogP) is 2.23. The summed E-state index contributed by atoms with van der Waals surface area (Å²) in [6, 6.07) is 8.26. The van der Waals surface area contributed by atoms with Crippen molar-refractivity contribution in [1.29, 1.82) is 0 Å². The van der Waals surface area contributed by atoms with Crippen molar-refractivity contribution in [3.63, 3.8) is 0 Å². The van der Waals surface area contributed by atoms with Gasteiger partial charge in [0.15, 0.2) is 0 Å². The molecule has 25 heavy (non-hydrogen) atoms. The van der Waals surface area contributed by atoms with Crippen LogP contribution >= 0.6 is 0 Å². The Morgan fingerprint density at radius 3 is 2.64 bits per heavy atom. The number of aromatic nitrogens is 2. The number of ether oxygens (including phenoxy) is 1. The van der Waals surface area contributed by atoms with Crippen LogP contribution in [0, 0.1) is 18.8 Å². The highest BCUT2D eigenvalue weighted by molar-refractivity contribution is 5.76. The number of likely N-dealkylation sites (tertiary alicyclic amines) is 2. The lowest BCUT2D eigenvalue weighted by atomic mass is 10.0. The normalized spacial score (nSPS) is 23.0. The molecule has 4 rings (SSSR count). The fourth-order valence-electron chi connectivity index (χ4n) is 4.07. The molecule has 0 N–H and O–H groups in total. The number of carbonyl (C=O) groups is 1. The van der Waals surface area contributed by atoms with Crippen molar-refractivity contribution in [3.05, 3.63) is 47.8 Å². The molecular weight excluding hydrogens is 316 g/mol. The van der Waals surface area contributed by atoms with Crippen molar-refractivity contribution in [2.24, 2.45) is 11.8 Å². The predicted molar refractivity (Wildman–Crippen MR) is 94.6 cm³/mol. The summed E-state index contributed by atoms with van der Waals surface area (Å²) in [4.78, 5) is 17.0. The van der Waals surface area contributed by atoms with E-state index in [9.17, 15) is 4.79 Å². The van der Waals surface area contributed by atoms with Gasteiger partial charge in [0.05, 0.1) is 13.3 Å². The highest BCUT2D eigenvalue weighted by Crippen LogP contribution is 2.32. The molecule has 6 heteroatoms. The first kappa shape index (κ1) is 16.1. The van der Waals surface area contributed by atoms with Gasteiger partial charge in [-0.1, -0.05) is 12.1 Å². The molecule has 6 nitrogen and oxygen atoms in total. The van der Waals surface area contributed by atoms with Crippen LogP contribution in [-0.2, 0) is 6.54 Å². The number of hydrogen-bond donors (Lipinski definition) is 0. The monoisotopic (exact) mass is 340 g/mol. The Morgan fingerprint density at radius 2 is 2.00 bits per heavy atom. The summed E-state index contributed by atoms with van der Waals surface area (Å²) in [6.45, 7) is 6.64. The van der Waals surface area contributed by atoms with E-state index in [1.807, 2.05) is 24.0 Å². The summed E-state index contributed by atoms with van der Waals surface area (Å²) < 4.78 is 6.77. The Kier molecular flexibility index (Phi) is 4.21. The van der Waals surface area contributed by atoms with Gasteiger partial charge in [0.2, 0.25) is 0 Å². The number of rotatable bonds is 3. The Morgan fingerprint density at radius 1 is 1.24 bits per heavy atom. The second-order valence-electron chi connectivity index (χ2n) is 7.22. The highest BCUT2D eigenvalue weighted by atomic mass is 16.5. The Hall–Kier alpha value is -2.34. The number of methoxy groups -OCH3 is 1. The summed E-state index contributed by atoms with van der Waals surface area (Å²) in [6.07, 6.45) is 3.52. The van der Waals surface area contributed by atoms with Gasteiger partial charge in [0, 0.05) is 38.9 Å². The average Bonchev–Trinajstić information content (AvgIpc) is 3.29. The lowest BCUT2D eigenvalue weighted by Gasteiger charge is -2.21. The number of carbonyl (C=O) groups excluding carboxylic acids is 1. The van der Waals surface area contributed by atoms with Gasteiger partial charge in [0.25, 0.3) is 0 Å². The van der Waals surface area contributed by atoms with Crippen LogP contribution in [0.25, 0.3) is 0 Å². The molecule has 0 saturated carbocycles. The second kappa shape index (κ2) is 6.52. The molecule has 1 amide bonds. The molecule has 2 aromatic rings. The molecule has 3 heterocycles. The molecule has 0 radical (unpaired) electrons. The number of aryl methyl sites for hydroxylation is 1. The molecule has 2 aliphatic heterocycles. The smallest absolute Gasteiger partial charge is 0.344 e. The summed E-state index contributed by atoms with van der Waals surface area (Å²) in [5.74, 6) is 2.03. The topological polar surface area (TPSA) is 50.6 Å².